The van der Waals surface area contributed by atoms with Gasteiger partial charge in [-0.15, -0.1) is 0 Å². The zero-order valence-electron chi connectivity index (χ0n) is 23.3. The molecule has 10 nitrogen and oxygen atoms in total. The Kier molecular flexibility index (Phi) is 10.4. The Labute approximate surface area is 231 Å². The lowest BCUT2D eigenvalue weighted by atomic mass is 9.95. The van der Waals surface area contributed by atoms with Gasteiger partial charge in [0, 0.05) is 18.7 Å². The van der Waals surface area contributed by atoms with Gasteiger partial charge in [0.2, 0.25) is 21.8 Å². The number of methoxy groups -OCH3 is 3. The van der Waals surface area contributed by atoms with Crippen molar-refractivity contribution in [2.45, 2.75) is 57.7 Å². The fraction of sp³-hybridized carbons (Fsp3) is 0.500. The molecule has 1 N–H and O–H groups in total. The average molecular weight is 562 g/mol. The molecule has 1 aliphatic carbocycles. The summed E-state index contributed by atoms with van der Waals surface area (Å²) in [5.41, 5.74) is 0.933. The molecule has 214 valence electrons. The largest absolute Gasteiger partial charge is 0.497 e. The van der Waals surface area contributed by atoms with E-state index in [1.54, 1.807) is 38.3 Å². The summed E-state index contributed by atoms with van der Waals surface area (Å²) in [6.07, 6.45) is 6.09. The van der Waals surface area contributed by atoms with Crippen molar-refractivity contribution in [1.29, 1.82) is 0 Å². The number of carbonyl (C=O) groups excluding carboxylic acids is 2. The first kappa shape index (κ1) is 30.1. The van der Waals surface area contributed by atoms with Gasteiger partial charge in [-0.1, -0.05) is 31.4 Å². The second-order valence-electron chi connectivity index (χ2n) is 9.70. The zero-order chi connectivity index (χ0) is 28.6. The van der Waals surface area contributed by atoms with Gasteiger partial charge in [-0.25, -0.2) is 8.42 Å². The Balaban J connectivity index is 1.93. The molecule has 2 aromatic rings. The molecule has 0 unspecified atom stereocenters. The van der Waals surface area contributed by atoms with Gasteiger partial charge >= 0.3 is 0 Å². The topological polar surface area (TPSA) is 114 Å². The predicted octanol–water partition coefficient (Wildman–Crippen LogP) is 3.34. The summed E-state index contributed by atoms with van der Waals surface area (Å²) in [5.74, 6) is 0.523. The number of ether oxygens (including phenoxy) is 3. The number of benzene rings is 2. The lowest BCUT2D eigenvalue weighted by molar-refractivity contribution is -0.139. The van der Waals surface area contributed by atoms with Gasteiger partial charge in [-0.05, 0) is 49.6 Å². The molecule has 1 saturated carbocycles. The number of nitrogens with one attached hydrogen (secondary N) is 1. The van der Waals surface area contributed by atoms with Gasteiger partial charge in [0.15, 0.2) is 0 Å². The Bertz CT molecular complexity index is 1230. The highest BCUT2D eigenvalue weighted by Gasteiger charge is 2.32. The summed E-state index contributed by atoms with van der Waals surface area (Å²) < 4.78 is 42.7. The van der Waals surface area contributed by atoms with Gasteiger partial charge in [0.05, 0.1) is 33.3 Å². The van der Waals surface area contributed by atoms with Gasteiger partial charge in [0.25, 0.3) is 0 Å². The van der Waals surface area contributed by atoms with Crippen LogP contribution in [0.5, 0.6) is 17.2 Å². The van der Waals surface area contributed by atoms with Gasteiger partial charge in [-0.3, -0.25) is 13.9 Å². The highest BCUT2D eigenvalue weighted by atomic mass is 32.2. The van der Waals surface area contributed by atoms with Crippen LogP contribution >= 0.6 is 0 Å². The summed E-state index contributed by atoms with van der Waals surface area (Å²) >= 11 is 0. The second kappa shape index (κ2) is 13.5. The molecule has 0 heterocycles. The Hall–Kier alpha value is -3.47. The minimum atomic E-state index is -3.92. The van der Waals surface area contributed by atoms with Crippen LogP contribution in [0.1, 0.15) is 44.6 Å². The molecule has 0 aromatic heterocycles. The number of sulfonamides is 1. The fourth-order valence-electron chi connectivity index (χ4n) is 4.67. The maximum absolute atomic E-state index is 13.8. The van der Waals surface area contributed by atoms with E-state index in [1.165, 1.54) is 25.2 Å². The molecule has 1 atom stereocenters. The fourth-order valence-corrected chi connectivity index (χ4v) is 5.51. The number of hydrogen-bond acceptors (Lipinski definition) is 7. The first-order valence-electron chi connectivity index (χ1n) is 13.0. The molecule has 0 aliphatic heterocycles. The SMILES string of the molecule is COc1ccc(CN(C(=O)CN(c2cc(OC)ccc2OC)S(C)(=O)=O)[C@H](C)C(=O)NC2CCCCC2)cc1. The second-order valence-corrected chi connectivity index (χ2v) is 11.6. The van der Waals surface area contributed by atoms with E-state index in [4.69, 9.17) is 14.2 Å². The van der Waals surface area contributed by atoms with E-state index in [9.17, 15) is 18.0 Å². The third-order valence-corrected chi connectivity index (χ3v) is 8.09. The Morgan fingerprint density at radius 3 is 2.13 bits per heavy atom. The van der Waals surface area contributed by atoms with Crippen LogP contribution in [0, 0.1) is 0 Å². The summed E-state index contributed by atoms with van der Waals surface area (Å²) in [6.45, 7) is 1.24. The highest BCUT2D eigenvalue weighted by molar-refractivity contribution is 7.92. The Morgan fingerprint density at radius 2 is 1.56 bits per heavy atom. The molecule has 1 fully saturated rings. The monoisotopic (exact) mass is 561 g/mol. The maximum atomic E-state index is 13.8. The first-order valence-corrected chi connectivity index (χ1v) is 14.8. The van der Waals surface area contributed by atoms with Crippen molar-refractivity contribution in [2.75, 3.05) is 38.4 Å². The van der Waals surface area contributed by atoms with Crippen LogP contribution in [0.25, 0.3) is 0 Å². The van der Waals surface area contributed by atoms with Gasteiger partial charge in [-0.2, -0.15) is 0 Å². The van der Waals surface area contributed by atoms with E-state index in [0.717, 1.165) is 48.2 Å². The minimum absolute atomic E-state index is 0.0696. The highest BCUT2D eigenvalue weighted by Crippen LogP contribution is 2.34. The van der Waals surface area contributed by atoms with E-state index in [-0.39, 0.29) is 29.9 Å². The summed E-state index contributed by atoms with van der Waals surface area (Å²) in [6, 6.07) is 11.1. The Morgan fingerprint density at radius 1 is 0.949 bits per heavy atom. The molecule has 2 amide bonds. The first-order chi connectivity index (χ1) is 18.6. The molecule has 0 radical (unpaired) electrons. The third kappa shape index (κ3) is 8.01. The molecular weight excluding hydrogens is 522 g/mol. The molecule has 3 rings (SSSR count). The third-order valence-electron chi connectivity index (χ3n) is 6.96. The number of nitrogens with zero attached hydrogens (tertiary/aromatic N) is 2. The van der Waals surface area contributed by atoms with Crippen molar-refractivity contribution in [3.8, 4) is 17.2 Å². The molecular formula is C28H39N3O7S. The van der Waals surface area contributed by atoms with E-state index in [1.807, 2.05) is 12.1 Å². The molecule has 0 spiro atoms. The number of carbonyl (C=O) groups is 2. The van der Waals surface area contributed by atoms with Crippen LogP contribution in [0.2, 0.25) is 0 Å². The van der Waals surface area contributed by atoms with Crippen LogP contribution < -0.4 is 23.8 Å². The maximum Gasteiger partial charge on any atom is 0.244 e. The lowest BCUT2D eigenvalue weighted by Gasteiger charge is -2.33. The van der Waals surface area contributed by atoms with Gasteiger partial charge < -0.3 is 24.4 Å². The van der Waals surface area contributed by atoms with Crippen molar-refractivity contribution < 1.29 is 32.2 Å². The summed E-state index contributed by atoms with van der Waals surface area (Å²) in [5, 5.41) is 3.09. The summed E-state index contributed by atoms with van der Waals surface area (Å²) in [4.78, 5) is 28.5. The smallest absolute Gasteiger partial charge is 0.244 e. The van der Waals surface area contributed by atoms with Crippen LogP contribution in [0.15, 0.2) is 42.5 Å². The van der Waals surface area contributed by atoms with Crippen molar-refractivity contribution in [3.63, 3.8) is 0 Å². The predicted molar refractivity (Wildman–Crippen MR) is 150 cm³/mol. The van der Waals surface area contributed by atoms with E-state index >= 15 is 0 Å². The number of anilines is 1. The van der Waals surface area contributed by atoms with Crippen molar-refractivity contribution >= 4 is 27.5 Å². The molecule has 1 aliphatic rings. The molecule has 11 heteroatoms. The van der Waals surface area contributed by atoms with Crippen LogP contribution in [0.3, 0.4) is 0 Å². The van der Waals surface area contributed by atoms with E-state index < -0.39 is 28.5 Å². The van der Waals surface area contributed by atoms with Crippen LogP contribution in [-0.4, -0.2) is 71.3 Å². The van der Waals surface area contributed by atoms with E-state index in [2.05, 4.69) is 5.32 Å². The van der Waals surface area contributed by atoms with Crippen molar-refractivity contribution in [1.82, 2.24) is 10.2 Å². The summed E-state index contributed by atoms with van der Waals surface area (Å²) in [7, 11) is 0.524. The van der Waals surface area contributed by atoms with Gasteiger partial charge in [0.1, 0.15) is 29.8 Å². The number of hydrogen-bond donors (Lipinski definition) is 1. The minimum Gasteiger partial charge on any atom is -0.497 e. The van der Waals surface area contributed by atoms with Crippen molar-refractivity contribution in [3.05, 3.63) is 48.0 Å². The molecule has 39 heavy (non-hydrogen) atoms. The molecule has 2 aromatic carbocycles. The van der Waals surface area contributed by atoms with Crippen molar-refractivity contribution in [2.24, 2.45) is 0 Å². The quantitative estimate of drug-likeness (QED) is 0.423. The van der Waals surface area contributed by atoms with Crippen LogP contribution in [0.4, 0.5) is 5.69 Å². The van der Waals surface area contributed by atoms with E-state index in [0.29, 0.717) is 11.5 Å². The average Bonchev–Trinajstić information content (AvgIpc) is 2.94. The zero-order valence-corrected chi connectivity index (χ0v) is 24.1. The molecule has 0 saturated heterocycles. The molecule has 0 bridgehead atoms. The number of rotatable bonds is 12. The standard InChI is InChI=1S/C28H39N3O7S/c1-20(28(33)29-22-9-7-6-8-10-22)30(18-21-11-13-23(36-2)14-12-21)27(32)19-31(39(5,34)35)25-17-24(37-3)15-16-26(25)38-4/h11-17,20,22H,6-10,18-19H2,1-5H3,(H,29,33)/t20-/m1/s1. The number of amides is 2. The normalized spacial score (nSPS) is 14.7. The lowest BCUT2D eigenvalue weighted by Crippen LogP contribution is -2.53. The van der Waals surface area contributed by atoms with Crippen LogP contribution in [-0.2, 0) is 26.2 Å².